The Balaban J connectivity index is 1.24. The van der Waals surface area contributed by atoms with Gasteiger partial charge in [0, 0.05) is 29.0 Å². The Bertz CT molecular complexity index is 823. The van der Waals surface area contributed by atoms with Gasteiger partial charge in [-0.2, -0.15) is 11.8 Å². The molecule has 136 valence electrons. The first-order valence-electron chi connectivity index (χ1n) is 9.03. The summed E-state index contributed by atoms with van der Waals surface area (Å²) in [5.41, 5.74) is 1.59. The summed E-state index contributed by atoms with van der Waals surface area (Å²) in [7, 11) is 0. The van der Waals surface area contributed by atoms with Crippen LogP contribution in [0.25, 0.3) is 10.9 Å². The van der Waals surface area contributed by atoms with E-state index in [0.29, 0.717) is 11.7 Å². The second kappa shape index (κ2) is 7.53. The summed E-state index contributed by atoms with van der Waals surface area (Å²) >= 11 is 1.91. The van der Waals surface area contributed by atoms with E-state index in [1.165, 1.54) is 0 Å². The van der Waals surface area contributed by atoms with E-state index in [2.05, 4.69) is 20.9 Å². The van der Waals surface area contributed by atoms with Crippen molar-refractivity contribution in [3.8, 4) is 0 Å². The lowest BCUT2D eigenvalue weighted by Crippen LogP contribution is -2.36. The highest BCUT2D eigenvalue weighted by atomic mass is 32.2. The average molecular weight is 370 g/mol. The molecule has 0 unspecified atom stereocenters. The van der Waals surface area contributed by atoms with Crippen LogP contribution in [0.1, 0.15) is 25.7 Å². The summed E-state index contributed by atoms with van der Waals surface area (Å²) in [6.07, 6.45) is 5.09. The summed E-state index contributed by atoms with van der Waals surface area (Å²) in [4.78, 5) is 28.0. The third-order valence-electron chi connectivity index (χ3n) is 4.99. The smallest absolute Gasteiger partial charge is 0.315 e. The fraction of sp³-hybridized carbons (Fsp3) is 0.421. The Morgan fingerprint density at radius 1 is 1.23 bits per heavy atom. The highest BCUT2D eigenvalue weighted by Gasteiger charge is 2.42. The highest BCUT2D eigenvalue weighted by molar-refractivity contribution is 8.00. The molecule has 2 saturated heterocycles. The molecule has 0 spiro atoms. The monoisotopic (exact) mass is 370 g/mol. The molecule has 2 aliphatic heterocycles. The van der Waals surface area contributed by atoms with Gasteiger partial charge in [-0.3, -0.25) is 9.78 Å². The molecule has 4 rings (SSSR count). The molecular weight excluding hydrogens is 348 g/mol. The summed E-state index contributed by atoms with van der Waals surface area (Å²) in [5.74, 6) is 0.999. The number of urea groups is 1. The predicted octanol–water partition coefficient (Wildman–Crippen LogP) is 2.90. The predicted molar refractivity (Wildman–Crippen MR) is 104 cm³/mol. The van der Waals surface area contributed by atoms with Gasteiger partial charge in [0.25, 0.3) is 0 Å². The third kappa shape index (κ3) is 3.62. The van der Waals surface area contributed by atoms with E-state index in [1.54, 1.807) is 6.20 Å². The molecule has 2 aliphatic rings. The molecule has 3 atom stereocenters. The van der Waals surface area contributed by atoms with E-state index in [-0.39, 0.29) is 24.0 Å². The van der Waals surface area contributed by atoms with Gasteiger partial charge in [0.15, 0.2) is 0 Å². The van der Waals surface area contributed by atoms with Gasteiger partial charge >= 0.3 is 6.03 Å². The van der Waals surface area contributed by atoms with Crippen molar-refractivity contribution in [3.05, 3.63) is 36.5 Å². The number of unbranched alkanes of at least 4 members (excludes halogenated alkanes) is 1. The maximum Gasteiger partial charge on any atom is 0.315 e. The Kier molecular flexibility index (Phi) is 4.97. The summed E-state index contributed by atoms with van der Waals surface area (Å²) < 4.78 is 0. The van der Waals surface area contributed by atoms with E-state index in [0.717, 1.165) is 41.6 Å². The molecule has 3 heterocycles. The zero-order chi connectivity index (χ0) is 17.9. The number of fused-ring (bicyclic) bond motifs is 2. The Morgan fingerprint density at radius 2 is 2.12 bits per heavy atom. The molecule has 2 fully saturated rings. The van der Waals surface area contributed by atoms with Crippen molar-refractivity contribution < 1.29 is 9.59 Å². The molecule has 1 aromatic carbocycles. The number of hydrogen-bond acceptors (Lipinski definition) is 4. The number of thioether (sulfide) groups is 1. The molecule has 3 amide bonds. The lowest BCUT2D eigenvalue weighted by atomic mass is 10.0. The van der Waals surface area contributed by atoms with Crippen molar-refractivity contribution in [1.29, 1.82) is 0 Å². The number of carbonyl (C=O) groups excluding carboxylic acids is 2. The molecule has 26 heavy (non-hydrogen) atoms. The first-order valence-corrected chi connectivity index (χ1v) is 10.1. The molecule has 0 saturated carbocycles. The Labute approximate surface area is 156 Å². The van der Waals surface area contributed by atoms with Crippen LogP contribution in [0.4, 0.5) is 10.5 Å². The van der Waals surface area contributed by atoms with Crippen molar-refractivity contribution in [3.63, 3.8) is 0 Å². The van der Waals surface area contributed by atoms with Gasteiger partial charge in [-0.05, 0) is 25.0 Å². The average Bonchev–Trinajstić information content (AvgIpc) is 3.18. The quantitative estimate of drug-likeness (QED) is 0.539. The van der Waals surface area contributed by atoms with Crippen molar-refractivity contribution >= 4 is 40.3 Å². The van der Waals surface area contributed by atoms with Crippen LogP contribution in [-0.4, -0.2) is 40.0 Å². The number of anilines is 1. The Hall–Kier alpha value is -2.28. The van der Waals surface area contributed by atoms with Crippen LogP contribution in [0.2, 0.25) is 0 Å². The Morgan fingerprint density at radius 3 is 3.04 bits per heavy atom. The second-order valence-electron chi connectivity index (χ2n) is 6.80. The van der Waals surface area contributed by atoms with Gasteiger partial charge in [-0.25, -0.2) is 4.79 Å². The van der Waals surface area contributed by atoms with Gasteiger partial charge in [-0.1, -0.05) is 24.6 Å². The molecule has 2 aromatic rings. The molecule has 3 N–H and O–H groups in total. The number of nitrogens with one attached hydrogen (secondary N) is 3. The van der Waals surface area contributed by atoms with Crippen molar-refractivity contribution in [2.75, 3.05) is 11.1 Å². The number of pyridine rings is 1. The highest BCUT2D eigenvalue weighted by Crippen LogP contribution is 2.33. The van der Waals surface area contributed by atoms with E-state index in [4.69, 9.17) is 0 Å². The van der Waals surface area contributed by atoms with Crippen LogP contribution in [0, 0.1) is 0 Å². The van der Waals surface area contributed by atoms with Crippen molar-refractivity contribution in [1.82, 2.24) is 15.6 Å². The fourth-order valence-electron chi connectivity index (χ4n) is 3.69. The molecule has 0 aliphatic carbocycles. The third-order valence-corrected chi connectivity index (χ3v) is 6.50. The minimum Gasteiger partial charge on any atom is -0.332 e. The van der Waals surface area contributed by atoms with Crippen LogP contribution >= 0.6 is 11.8 Å². The number of carbonyl (C=O) groups is 2. The molecule has 1 aromatic heterocycles. The lowest BCUT2D eigenvalue weighted by molar-refractivity contribution is -0.116. The van der Waals surface area contributed by atoms with Gasteiger partial charge < -0.3 is 16.0 Å². The summed E-state index contributed by atoms with van der Waals surface area (Å²) in [5, 5.41) is 10.4. The van der Waals surface area contributed by atoms with Crippen LogP contribution in [-0.2, 0) is 4.79 Å². The van der Waals surface area contributed by atoms with Crippen molar-refractivity contribution in [2.24, 2.45) is 0 Å². The fourth-order valence-corrected chi connectivity index (χ4v) is 5.24. The number of nitrogens with zero attached hydrogens (tertiary/aromatic N) is 1. The number of hydrogen-bond donors (Lipinski definition) is 3. The first-order chi connectivity index (χ1) is 12.7. The largest absolute Gasteiger partial charge is 0.332 e. The van der Waals surface area contributed by atoms with Crippen LogP contribution in [0.3, 0.4) is 0 Å². The van der Waals surface area contributed by atoms with Gasteiger partial charge in [-0.15, -0.1) is 0 Å². The topological polar surface area (TPSA) is 83.1 Å². The molecule has 6 nitrogen and oxygen atoms in total. The minimum atomic E-state index is -0.0478. The van der Waals surface area contributed by atoms with E-state index in [9.17, 15) is 9.59 Å². The van der Waals surface area contributed by atoms with Gasteiger partial charge in [0.05, 0.1) is 23.3 Å². The standard InChI is InChI=1S/C19H22N4O2S/c24-16(21-13-7-3-5-12-6-4-10-20-17(12)13)9-2-1-8-15-18-14(11-26-15)22-19(25)23-18/h3-7,10,14-15,18H,1-2,8-9,11H2,(H,21,24)(H2,22,23,25)/t14-,15-,18-/m0/s1. The molecule has 0 bridgehead atoms. The molecule has 0 radical (unpaired) electrons. The first kappa shape index (κ1) is 17.1. The number of benzene rings is 1. The van der Waals surface area contributed by atoms with Crippen LogP contribution < -0.4 is 16.0 Å². The maximum absolute atomic E-state index is 12.3. The molecular formula is C19H22N4O2S. The second-order valence-corrected chi connectivity index (χ2v) is 8.07. The maximum atomic E-state index is 12.3. The van der Waals surface area contributed by atoms with Crippen LogP contribution in [0.5, 0.6) is 0 Å². The minimum absolute atomic E-state index is 0.0240. The normalized spacial score (nSPS) is 24.2. The summed E-state index contributed by atoms with van der Waals surface area (Å²) in [6.45, 7) is 0. The van der Waals surface area contributed by atoms with Gasteiger partial charge in [0.2, 0.25) is 5.91 Å². The zero-order valence-electron chi connectivity index (χ0n) is 14.4. The lowest BCUT2D eigenvalue weighted by Gasteiger charge is -2.16. The SMILES string of the molecule is O=C(CCCC[C@@H]1SC[C@@H]2NC(=O)N[C@@H]21)Nc1cccc2cccnc12. The number of aromatic nitrogens is 1. The summed E-state index contributed by atoms with van der Waals surface area (Å²) in [6, 6.07) is 10.1. The van der Waals surface area contributed by atoms with E-state index >= 15 is 0 Å². The number of rotatable bonds is 6. The van der Waals surface area contributed by atoms with Crippen molar-refractivity contribution in [2.45, 2.75) is 43.0 Å². The van der Waals surface area contributed by atoms with Crippen LogP contribution in [0.15, 0.2) is 36.5 Å². The van der Waals surface area contributed by atoms with E-state index < -0.39 is 0 Å². The number of para-hydroxylation sites is 1. The zero-order valence-corrected chi connectivity index (χ0v) is 15.2. The molecule has 7 heteroatoms. The number of amides is 3. The van der Waals surface area contributed by atoms with E-state index in [1.807, 2.05) is 42.1 Å². The van der Waals surface area contributed by atoms with Gasteiger partial charge in [0.1, 0.15) is 0 Å².